The summed E-state index contributed by atoms with van der Waals surface area (Å²) in [5.74, 6) is 1.86. The lowest BCUT2D eigenvalue weighted by Crippen LogP contribution is -2.61. The van der Waals surface area contributed by atoms with E-state index in [-0.39, 0.29) is 11.9 Å². The number of carbonyl (C=O) groups is 1. The Bertz CT molecular complexity index is 425. The molecule has 3 saturated carbocycles. The molecule has 3 heteroatoms. The molecule has 0 saturated heterocycles. The summed E-state index contributed by atoms with van der Waals surface area (Å²) in [6.07, 6.45) is 10.8. The van der Waals surface area contributed by atoms with E-state index in [4.69, 9.17) is 4.74 Å². The number of aliphatic hydroxyl groups is 1. The van der Waals surface area contributed by atoms with E-state index in [2.05, 4.69) is 0 Å². The maximum absolute atomic E-state index is 11.9. The van der Waals surface area contributed by atoms with Crippen molar-refractivity contribution in [2.45, 2.75) is 89.8 Å². The van der Waals surface area contributed by atoms with Crippen molar-refractivity contribution in [2.24, 2.45) is 23.7 Å². The summed E-state index contributed by atoms with van der Waals surface area (Å²) in [5.41, 5.74) is -1.20. The minimum absolute atomic E-state index is 0.0746. The van der Waals surface area contributed by atoms with Gasteiger partial charge in [0.15, 0.2) is 0 Å². The second-order valence-corrected chi connectivity index (χ2v) is 8.63. The highest BCUT2D eigenvalue weighted by Gasteiger charge is 2.59. The first-order chi connectivity index (χ1) is 10.3. The molecule has 0 spiro atoms. The molecule has 0 bridgehead atoms. The molecule has 126 valence electrons. The molecule has 0 aromatic carbocycles. The topological polar surface area (TPSA) is 46.5 Å². The van der Waals surface area contributed by atoms with Crippen molar-refractivity contribution in [3.63, 3.8) is 0 Å². The number of esters is 1. The fourth-order valence-electron chi connectivity index (χ4n) is 6.02. The highest BCUT2D eigenvalue weighted by atomic mass is 16.6. The Hall–Kier alpha value is -0.570. The molecule has 0 aliphatic heterocycles. The van der Waals surface area contributed by atoms with Gasteiger partial charge in [-0.2, -0.15) is 0 Å². The fraction of sp³-hybridized carbons (Fsp3) is 0.947. The van der Waals surface area contributed by atoms with E-state index < -0.39 is 11.2 Å². The molecule has 0 aromatic heterocycles. The van der Waals surface area contributed by atoms with Crippen molar-refractivity contribution in [1.29, 1.82) is 0 Å². The highest BCUT2D eigenvalue weighted by Crippen LogP contribution is 2.57. The quantitative estimate of drug-likeness (QED) is 0.782. The zero-order valence-electron chi connectivity index (χ0n) is 14.4. The van der Waals surface area contributed by atoms with Crippen molar-refractivity contribution in [3.8, 4) is 0 Å². The first-order valence-corrected chi connectivity index (χ1v) is 9.25. The van der Waals surface area contributed by atoms with Gasteiger partial charge in [-0.25, -0.2) is 0 Å². The van der Waals surface area contributed by atoms with Gasteiger partial charge in [0, 0.05) is 12.8 Å². The van der Waals surface area contributed by atoms with Gasteiger partial charge in [-0.1, -0.05) is 32.1 Å². The fourth-order valence-corrected chi connectivity index (χ4v) is 6.02. The van der Waals surface area contributed by atoms with Crippen molar-refractivity contribution in [1.82, 2.24) is 0 Å². The normalized spacial score (nSPS) is 42.2. The lowest BCUT2D eigenvalue weighted by molar-refractivity contribution is -0.221. The Kier molecular flexibility index (Phi) is 4.30. The maximum atomic E-state index is 11.9. The van der Waals surface area contributed by atoms with Crippen molar-refractivity contribution < 1.29 is 14.6 Å². The number of carbonyl (C=O) groups excluding carboxylic acids is 1. The molecule has 22 heavy (non-hydrogen) atoms. The van der Waals surface area contributed by atoms with E-state index in [1.54, 1.807) is 0 Å². The Labute approximate surface area is 134 Å². The zero-order chi connectivity index (χ0) is 16.0. The summed E-state index contributed by atoms with van der Waals surface area (Å²) in [7, 11) is 0. The molecule has 3 aliphatic rings. The van der Waals surface area contributed by atoms with Gasteiger partial charge in [-0.3, -0.25) is 4.79 Å². The molecular weight excluding hydrogens is 276 g/mol. The van der Waals surface area contributed by atoms with E-state index in [1.165, 1.54) is 39.0 Å². The Morgan fingerprint density at radius 1 is 1.09 bits per heavy atom. The van der Waals surface area contributed by atoms with Crippen molar-refractivity contribution in [2.75, 3.05) is 0 Å². The Morgan fingerprint density at radius 2 is 1.77 bits per heavy atom. The van der Waals surface area contributed by atoms with Crippen molar-refractivity contribution >= 4 is 5.97 Å². The van der Waals surface area contributed by atoms with Crippen LogP contribution in [0.4, 0.5) is 0 Å². The van der Waals surface area contributed by atoms with Crippen molar-refractivity contribution in [3.05, 3.63) is 0 Å². The molecule has 0 radical (unpaired) electrons. The minimum atomic E-state index is -0.782. The average Bonchev–Trinajstić information content (AvgIpc) is 2.42. The highest BCUT2D eigenvalue weighted by molar-refractivity contribution is 5.66. The molecule has 5 unspecified atom stereocenters. The first-order valence-electron chi connectivity index (χ1n) is 9.25. The van der Waals surface area contributed by atoms with E-state index in [0.717, 1.165) is 31.6 Å². The van der Waals surface area contributed by atoms with E-state index >= 15 is 0 Å². The molecule has 3 nitrogen and oxygen atoms in total. The number of hydrogen-bond donors (Lipinski definition) is 1. The number of hydrogen-bond acceptors (Lipinski definition) is 3. The van der Waals surface area contributed by atoms with Gasteiger partial charge in [0.25, 0.3) is 0 Å². The van der Waals surface area contributed by atoms with Gasteiger partial charge in [0.2, 0.25) is 0 Å². The maximum Gasteiger partial charge on any atom is 0.303 e. The summed E-state index contributed by atoms with van der Waals surface area (Å²) in [4.78, 5) is 11.9. The lowest BCUT2D eigenvalue weighted by Gasteiger charge is -2.58. The van der Waals surface area contributed by atoms with Crippen LogP contribution < -0.4 is 0 Å². The van der Waals surface area contributed by atoms with Gasteiger partial charge in [0.05, 0.1) is 5.60 Å². The third-order valence-electron chi connectivity index (χ3n) is 6.75. The van der Waals surface area contributed by atoms with E-state index in [0.29, 0.717) is 11.8 Å². The van der Waals surface area contributed by atoms with Crippen LogP contribution in [0.1, 0.15) is 78.6 Å². The smallest absolute Gasteiger partial charge is 0.303 e. The van der Waals surface area contributed by atoms with Crippen LogP contribution >= 0.6 is 0 Å². The summed E-state index contributed by atoms with van der Waals surface area (Å²) in [6, 6.07) is 0. The standard InChI is InChI=1S/C19H32O3/c1-13(20)22-19-12-15-8-5-4-7-14(15)11-16(19)9-6-10-17(19)18(2,3)21/h14-17,21H,4-12H2,1-3H3. The summed E-state index contributed by atoms with van der Waals surface area (Å²) in [6.45, 7) is 5.34. The second kappa shape index (κ2) is 5.81. The van der Waals surface area contributed by atoms with Gasteiger partial charge in [-0.05, 0) is 57.3 Å². The molecule has 1 N–H and O–H groups in total. The van der Waals surface area contributed by atoms with Crippen LogP contribution in [0.3, 0.4) is 0 Å². The Balaban J connectivity index is 1.95. The van der Waals surface area contributed by atoms with Gasteiger partial charge in [0.1, 0.15) is 5.60 Å². The van der Waals surface area contributed by atoms with E-state index in [1.807, 2.05) is 13.8 Å². The van der Waals surface area contributed by atoms with Crippen LogP contribution in [0, 0.1) is 23.7 Å². The molecule has 0 heterocycles. The molecule has 3 rings (SSSR count). The predicted molar refractivity (Wildman–Crippen MR) is 86.3 cm³/mol. The zero-order valence-corrected chi connectivity index (χ0v) is 14.4. The largest absolute Gasteiger partial charge is 0.459 e. The van der Waals surface area contributed by atoms with Crippen LogP contribution in [0.25, 0.3) is 0 Å². The van der Waals surface area contributed by atoms with Crippen LogP contribution in [0.5, 0.6) is 0 Å². The van der Waals surface area contributed by atoms with Gasteiger partial charge in [-0.15, -0.1) is 0 Å². The third kappa shape index (κ3) is 2.81. The second-order valence-electron chi connectivity index (χ2n) is 8.63. The van der Waals surface area contributed by atoms with Crippen LogP contribution in [-0.2, 0) is 9.53 Å². The monoisotopic (exact) mass is 308 g/mol. The van der Waals surface area contributed by atoms with Gasteiger partial charge >= 0.3 is 5.97 Å². The number of rotatable bonds is 2. The summed E-state index contributed by atoms with van der Waals surface area (Å²) >= 11 is 0. The number of fused-ring (bicyclic) bond motifs is 2. The van der Waals surface area contributed by atoms with Crippen LogP contribution in [0.15, 0.2) is 0 Å². The SMILES string of the molecule is CC(=O)OC12CC3CCCCC3CC1CCCC2C(C)(C)O. The third-order valence-corrected chi connectivity index (χ3v) is 6.75. The average molecular weight is 308 g/mol. The molecule has 0 aromatic rings. The molecule has 0 amide bonds. The van der Waals surface area contributed by atoms with E-state index in [9.17, 15) is 9.90 Å². The molecule has 3 aliphatic carbocycles. The molecular formula is C19H32O3. The molecule has 3 fully saturated rings. The predicted octanol–water partition coefficient (Wildman–Crippen LogP) is 4.08. The molecule has 5 atom stereocenters. The summed E-state index contributed by atoms with van der Waals surface area (Å²) in [5, 5.41) is 10.8. The Morgan fingerprint density at radius 3 is 2.41 bits per heavy atom. The number of ether oxygens (including phenoxy) is 1. The first kappa shape index (κ1) is 16.3. The lowest BCUT2D eigenvalue weighted by atomic mass is 9.52. The van der Waals surface area contributed by atoms with Crippen LogP contribution in [0.2, 0.25) is 0 Å². The minimum Gasteiger partial charge on any atom is -0.459 e. The summed E-state index contributed by atoms with van der Waals surface area (Å²) < 4.78 is 6.07. The van der Waals surface area contributed by atoms with Crippen LogP contribution in [-0.4, -0.2) is 22.3 Å². The van der Waals surface area contributed by atoms with Gasteiger partial charge < -0.3 is 9.84 Å².